The fraction of sp³-hybridized carbons (Fsp3) is 0.400. The third-order valence-corrected chi connectivity index (χ3v) is 4.69. The molecule has 1 atom stereocenters. The first-order valence-electron chi connectivity index (χ1n) is 8.31. The number of allylic oxidation sites excluding steroid dienone is 2. The van der Waals surface area contributed by atoms with Crippen LogP contribution in [0.2, 0.25) is 5.15 Å². The molecule has 2 nitrogen and oxygen atoms in total. The van der Waals surface area contributed by atoms with Crippen LogP contribution in [0.15, 0.2) is 36.4 Å². The smallest absolute Gasteiger partial charge is 0.161 e. The van der Waals surface area contributed by atoms with Crippen LogP contribution in [0, 0.1) is 5.92 Å². The van der Waals surface area contributed by atoms with E-state index in [1.807, 2.05) is 37.3 Å². The van der Waals surface area contributed by atoms with Crippen LogP contribution in [0.1, 0.15) is 51.8 Å². The molecule has 122 valence electrons. The molecule has 0 amide bonds. The summed E-state index contributed by atoms with van der Waals surface area (Å²) >= 11 is 6.53. The number of rotatable bonds is 6. The fourth-order valence-electron chi connectivity index (χ4n) is 2.45. The Hall–Kier alpha value is -1.67. The molecule has 0 fully saturated rings. The topological polar surface area (TPSA) is 25.8 Å². The van der Waals surface area contributed by atoms with Gasteiger partial charge in [-0.05, 0) is 38.2 Å². The van der Waals surface area contributed by atoms with Gasteiger partial charge in [-0.3, -0.25) is 0 Å². The number of halogens is 1. The molecule has 1 aromatic heterocycles. The molecule has 23 heavy (non-hydrogen) atoms. The van der Waals surface area contributed by atoms with Crippen LogP contribution in [0.5, 0.6) is 0 Å². The van der Waals surface area contributed by atoms with E-state index in [0.29, 0.717) is 16.9 Å². The number of nitrogens with zero attached hydrogens (tertiary/aromatic N) is 2. The molecule has 0 radical (unpaired) electrons. The zero-order valence-electron chi connectivity index (χ0n) is 14.4. The van der Waals surface area contributed by atoms with Crippen LogP contribution in [-0.2, 0) is 6.42 Å². The largest absolute Gasteiger partial charge is 0.228 e. The highest BCUT2D eigenvalue weighted by atomic mass is 35.5. The molecule has 0 bridgehead atoms. The number of hydrogen-bond acceptors (Lipinski definition) is 2. The van der Waals surface area contributed by atoms with E-state index in [9.17, 15) is 0 Å². The maximum absolute atomic E-state index is 6.53. The summed E-state index contributed by atoms with van der Waals surface area (Å²) in [6.07, 6.45) is 5.29. The van der Waals surface area contributed by atoms with Crippen LogP contribution >= 0.6 is 11.6 Å². The molecule has 0 saturated carbocycles. The van der Waals surface area contributed by atoms with Gasteiger partial charge in [0.2, 0.25) is 0 Å². The summed E-state index contributed by atoms with van der Waals surface area (Å²) in [4.78, 5) is 9.37. The number of benzene rings is 1. The minimum Gasteiger partial charge on any atom is -0.228 e. The van der Waals surface area contributed by atoms with Crippen molar-refractivity contribution in [2.75, 3.05) is 0 Å². The summed E-state index contributed by atoms with van der Waals surface area (Å²) in [6.45, 7) is 8.61. The Labute approximate surface area is 144 Å². The lowest BCUT2D eigenvalue weighted by Crippen LogP contribution is -2.05. The highest BCUT2D eigenvalue weighted by molar-refractivity contribution is 6.30. The van der Waals surface area contributed by atoms with Crippen molar-refractivity contribution in [1.29, 1.82) is 0 Å². The summed E-state index contributed by atoms with van der Waals surface area (Å²) in [5, 5.41) is 0.582. The molecular formula is C20H25ClN2. The molecule has 0 aliphatic heterocycles. The first kappa shape index (κ1) is 17.7. The van der Waals surface area contributed by atoms with E-state index in [-0.39, 0.29) is 0 Å². The van der Waals surface area contributed by atoms with Crippen molar-refractivity contribution in [3.05, 3.63) is 52.8 Å². The normalized spacial score (nSPS) is 13.2. The average Bonchev–Trinajstić information content (AvgIpc) is 2.59. The SMILES string of the molecule is C/C=C(/C)c1nc(-c2ccccc2)nc(Cl)c1CC[C@@H](C)CC. The van der Waals surface area contributed by atoms with Gasteiger partial charge in [-0.15, -0.1) is 0 Å². The standard InChI is InChI=1S/C20H25ClN2/c1-5-14(3)12-13-17-18(15(4)6-2)22-20(23-19(17)21)16-10-8-7-9-11-16/h6-11,14H,5,12-13H2,1-4H3/b15-6-/t14-/m0/s1. The van der Waals surface area contributed by atoms with Crippen molar-refractivity contribution in [2.45, 2.75) is 47.0 Å². The molecule has 0 N–H and O–H groups in total. The third kappa shape index (κ3) is 4.42. The van der Waals surface area contributed by atoms with Crippen LogP contribution in [-0.4, -0.2) is 9.97 Å². The first-order valence-corrected chi connectivity index (χ1v) is 8.69. The van der Waals surface area contributed by atoms with Gasteiger partial charge in [-0.1, -0.05) is 68.3 Å². The van der Waals surface area contributed by atoms with Gasteiger partial charge in [0, 0.05) is 11.1 Å². The molecule has 0 aliphatic carbocycles. The van der Waals surface area contributed by atoms with E-state index in [0.717, 1.165) is 35.2 Å². The second kappa shape index (κ2) is 8.26. The first-order chi connectivity index (χ1) is 11.1. The van der Waals surface area contributed by atoms with Crippen molar-refractivity contribution in [3.8, 4) is 11.4 Å². The summed E-state index contributed by atoms with van der Waals surface area (Å²) < 4.78 is 0. The molecule has 2 rings (SSSR count). The Bertz CT molecular complexity index is 678. The van der Waals surface area contributed by atoms with Crippen LogP contribution < -0.4 is 0 Å². The monoisotopic (exact) mass is 328 g/mol. The van der Waals surface area contributed by atoms with Crippen molar-refractivity contribution >= 4 is 17.2 Å². The van der Waals surface area contributed by atoms with Gasteiger partial charge >= 0.3 is 0 Å². The molecule has 0 unspecified atom stereocenters. The maximum Gasteiger partial charge on any atom is 0.161 e. The lowest BCUT2D eigenvalue weighted by molar-refractivity contribution is 0.515. The molecule has 0 saturated heterocycles. The quantitative estimate of drug-likeness (QED) is 0.590. The van der Waals surface area contributed by atoms with Crippen molar-refractivity contribution in [2.24, 2.45) is 5.92 Å². The van der Waals surface area contributed by atoms with Crippen LogP contribution in [0.3, 0.4) is 0 Å². The molecular weight excluding hydrogens is 304 g/mol. The number of aromatic nitrogens is 2. The van der Waals surface area contributed by atoms with Crippen LogP contribution in [0.4, 0.5) is 0 Å². The predicted octanol–water partition coefficient (Wildman–Crippen LogP) is 6.20. The third-order valence-electron chi connectivity index (χ3n) is 4.38. The molecule has 2 aromatic rings. The molecule has 3 heteroatoms. The Kier molecular flexibility index (Phi) is 6.35. The Balaban J connectivity index is 2.46. The minimum atomic E-state index is 0.582. The Morgan fingerprint density at radius 3 is 2.52 bits per heavy atom. The van der Waals surface area contributed by atoms with Crippen LogP contribution in [0.25, 0.3) is 17.0 Å². The summed E-state index contributed by atoms with van der Waals surface area (Å²) in [5.41, 5.74) is 4.19. The maximum atomic E-state index is 6.53. The molecule has 1 aromatic carbocycles. The van der Waals surface area contributed by atoms with Gasteiger partial charge in [0.25, 0.3) is 0 Å². The van der Waals surface area contributed by atoms with Crippen molar-refractivity contribution in [3.63, 3.8) is 0 Å². The predicted molar refractivity (Wildman–Crippen MR) is 99.6 cm³/mol. The average molecular weight is 329 g/mol. The molecule has 0 aliphatic rings. The number of hydrogen-bond donors (Lipinski definition) is 0. The van der Waals surface area contributed by atoms with Gasteiger partial charge in [-0.2, -0.15) is 0 Å². The summed E-state index contributed by atoms with van der Waals surface area (Å²) in [5.74, 6) is 1.37. The van der Waals surface area contributed by atoms with Crippen molar-refractivity contribution in [1.82, 2.24) is 9.97 Å². The zero-order valence-corrected chi connectivity index (χ0v) is 15.2. The van der Waals surface area contributed by atoms with Gasteiger partial charge in [0.15, 0.2) is 5.82 Å². The highest BCUT2D eigenvalue weighted by Gasteiger charge is 2.16. The second-order valence-corrected chi connectivity index (χ2v) is 6.41. The molecule has 1 heterocycles. The fourth-order valence-corrected chi connectivity index (χ4v) is 2.72. The second-order valence-electron chi connectivity index (χ2n) is 6.05. The van der Waals surface area contributed by atoms with E-state index >= 15 is 0 Å². The summed E-state index contributed by atoms with van der Waals surface area (Å²) in [6, 6.07) is 10.00. The van der Waals surface area contributed by atoms with Gasteiger partial charge < -0.3 is 0 Å². The minimum absolute atomic E-state index is 0.582. The van der Waals surface area contributed by atoms with E-state index in [1.54, 1.807) is 0 Å². The van der Waals surface area contributed by atoms with E-state index in [1.165, 1.54) is 6.42 Å². The molecule has 0 spiro atoms. The Morgan fingerprint density at radius 1 is 1.22 bits per heavy atom. The Morgan fingerprint density at radius 2 is 1.91 bits per heavy atom. The lowest BCUT2D eigenvalue weighted by Gasteiger charge is -2.15. The lowest BCUT2D eigenvalue weighted by atomic mass is 9.97. The van der Waals surface area contributed by atoms with Gasteiger partial charge in [0.1, 0.15) is 5.15 Å². The van der Waals surface area contributed by atoms with E-state index in [4.69, 9.17) is 16.6 Å². The van der Waals surface area contributed by atoms with Gasteiger partial charge in [0.05, 0.1) is 5.69 Å². The van der Waals surface area contributed by atoms with E-state index in [2.05, 4.69) is 31.8 Å². The van der Waals surface area contributed by atoms with E-state index < -0.39 is 0 Å². The summed E-state index contributed by atoms with van der Waals surface area (Å²) in [7, 11) is 0. The van der Waals surface area contributed by atoms with Gasteiger partial charge in [-0.25, -0.2) is 9.97 Å². The highest BCUT2D eigenvalue weighted by Crippen LogP contribution is 2.28. The zero-order chi connectivity index (χ0) is 16.8. The van der Waals surface area contributed by atoms with Crippen molar-refractivity contribution < 1.29 is 0 Å².